The number of amides is 1. The van der Waals surface area contributed by atoms with Crippen LogP contribution in [-0.4, -0.2) is 34.9 Å². The van der Waals surface area contributed by atoms with E-state index in [4.69, 9.17) is 4.98 Å². The monoisotopic (exact) mass is 379 g/mol. The minimum atomic E-state index is -0.196. The highest BCUT2D eigenvalue weighted by Crippen LogP contribution is 2.24. The molecule has 0 saturated carbocycles. The van der Waals surface area contributed by atoms with E-state index in [1.165, 1.54) is 16.7 Å². The van der Waals surface area contributed by atoms with Crippen LogP contribution in [0.2, 0.25) is 0 Å². The van der Waals surface area contributed by atoms with Crippen molar-refractivity contribution in [2.75, 3.05) is 18.4 Å². The quantitative estimate of drug-likeness (QED) is 0.699. The molecule has 2 aromatic carbocycles. The molecule has 1 fully saturated rings. The summed E-state index contributed by atoms with van der Waals surface area (Å²) >= 11 is 1.75. The standard InChI is InChI=1S/C22H25N3OS/c1-16(22(26)25-13-5-2-6-14-25)23-18-11-9-17(10-12-18)15-21-24-19-7-3-4-8-20(19)27-21/h3-4,7-12,16,23H,2,5-6,13-15H2,1H3/t16-/m1/s1. The van der Waals surface area contributed by atoms with Crippen molar-refractivity contribution in [3.05, 3.63) is 59.1 Å². The van der Waals surface area contributed by atoms with Crippen LogP contribution >= 0.6 is 11.3 Å². The van der Waals surface area contributed by atoms with Gasteiger partial charge in [0, 0.05) is 25.2 Å². The van der Waals surface area contributed by atoms with Crippen LogP contribution in [0.5, 0.6) is 0 Å². The second kappa shape index (κ2) is 8.09. The maximum atomic E-state index is 12.6. The lowest BCUT2D eigenvalue weighted by Crippen LogP contribution is -2.43. The van der Waals surface area contributed by atoms with Gasteiger partial charge in [-0.05, 0) is 56.0 Å². The van der Waals surface area contributed by atoms with E-state index in [9.17, 15) is 4.79 Å². The molecule has 4 rings (SSSR count). The fourth-order valence-corrected chi connectivity index (χ4v) is 4.59. The molecule has 1 N–H and O–H groups in total. The van der Waals surface area contributed by atoms with Gasteiger partial charge in [-0.2, -0.15) is 0 Å². The summed E-state index contributed by atoms with van der Waals surface area (Å²) in [7, 11) is 0. The lowest BCUT2D eigenvalue weighted by atomic mass is 10.1. The molecular weight excluding hydrogens is 354 g/mol. The zero-order chi connectivity index (χ0) is 18.6. The van der Waals surface area contributed by atoms with Crippen molar-refractivity contribution in [3.8, 4) is 0 Å². The Hall–Kier alpha value is -2.40. The zero-order valence-electron chi connectivity index (χ0n) is 15.6. The van der Waals surface area contributed by atoms with Crippen LogP contribution in [-0.2, 0) is 11.2 Å². The summed E-state index contributed by atoms with van der Waals surface area (Å²) in [4.78, 5) is 19.2. The molecule has 1 aromatic heterocycles. The van der Waals surface area contributed by atoms with Gasteiger partial charge in [-0.25, -0.2) is 4.98 Å². The van der Waals surface area contributed by atoms with Gasteiger partial charge in [0.2, 0.25) is 5.91 Å². The zero-order valence-corrected chi connectivity index (χ0v) is 16.5. The SMILES string of the molecule is C[C@@H](Nc1ccc(Cc2nc3ccccc3s2)cc1)C(=O)N1CCCCC1. The number of anilines is 1. The van der Waals surface area contributed by atoms with E-state index in [1.807, 2.05) is 17.9 Å². The third-order valence-corrected chi connectivity index (χ3v) is 6.11. The largest absolute Gasteiger partial charge is 0.374 e. The number of hydrogen-bond donors (Lipinski definition) is 1. The summed E-state index contributed by atoms with van der Waals surface area (Å²) in [6, 6.07) is 16.4. The molecule has 0 unspecified atom stereocenters. The third kappa shape index (κ3) is 4.30. The van der Waals surface area contributed by atoms with Crippen LogP contribution in [0.3, 0.4) is 0 Å². The lowest BCUT2D eigenvalue weighted by Gasteiger charge is -2.29. The number of aromatic nitrogens is 1. The van der Waals surface area contributed by atoms with E-state index in [-0.39, 0.29) is 11.9 Å². The average Bonchev–Trinajstić information content (AvgIpc) is 3.12. The van der Waals surface area contributed by atoms with Gasteiger partial charge in [-0.1, -0.05) is 24.3 Å². The number of nitrogens with one attached hydrogen (secondary N) is 1. The molecule has 27 heavy (non-hydrogen) atoms. The van der Waals surface area contributed by atoms with Gasteiger partial charge < -0.3 is 10.2 Å². The van der Waals surface area contributed by atoms with Crippen molar-refractivity contribution in [1.82, 2.24) is 9.88 Å². The Balaban J connectivity index is 1.37. The van der Waals surface area contributed by atoms with Crippen LogP contribution in [0.4, 0.5) is 5.69 Å². The van der Waals surface area contributed by atoms with Gasteiger partial charge in [0.25, 0.3) is 0 Å². The number of nitrogens with zero attached hydrogens (tertiary/aromatic N) is 2. The van der Waals surface area contributed by atoms with Gasteiger partial charge in [0.05, 0.1) is 15.2 Å². The molecule has 1 amide bonds. The predicted octanol–water partition coefficient (Wildman–Crippen LogP) is 4.70. The Morgan fingerprint density at radius 3 is 2.59 bits per heavy atom. The summed E-state index contributed by atoms with van der Waals surface area (Å²) in [5, 5.41) is 4.48. The molecule has 5 heteroatoms. The molecule has 4 nitrogen and oxygen atoms in total. The molecule has 1 aliphatic rings. The van der Waals surface area contributed by atoms with Crippen LogP contribution in [0.25, 0.3) is 10.2 Å². The summed E-state index contributed by atoms with van der Waals surface area (Å²) in [5.74, 6) is 0.202. The number of para-hydroxylation sites is 1. The Labute approximate surface area is 164 Å². The Kier molecular flexibility index (Phi) is 5.39. The number of rotatable bonds is 5. The lowest BCUT2D eigenvalue weighted by molar-refractivity contribution is -0.132. The van der Waals surface area contributed by atoms with Crippen LogP contribution in [0.15, 0.2) is 48.5 Å². The van der Waals surface area contributed by atoms with Gasteiger partial charge >= 0.3 is 0 Å². The normalized spacial score (nSPS) is 15.7. The smallest absolute Gasteiger partial charge is 0.244 e. The Morgan fingerprint density at radius 1 is 1.11 bits per heavy atom. The van der Waals surface area contributed by atoms with E-state index in [2.05, 4.69) is 47.8 Å². The van der Waals surface area contributed by atoms with E-state index in [0.29, 0.717) is 0 Å². The van der Waals surface area contributed by atoms with Crippen LogP contribution in [0, 0.1) is 0 Å². The van der Waals surface area contributed by atoms with Crippen molar-refractivity contribution < 1.29 is 4.79 Å². The van der Waals surface area contributed by atoms with E-state index >= 15 is 0 Å². The molecule has 1 atom stereocenters. The number of likely N-dealkylation sites (tertiary alicyclic amines) is 1. The Bertz CT molecular complexity index is 880. The molecule has 0 radical (unpaired) electrons. The van der Waals surface area contributed by atoms with Gasteiger partial charge in [0.1, 0.15) is 6.04 Å². The number of hydrogen-bond acceptors (Lipinski definition) is 4. The highest BCUT2D eigenvalue weighted by molar-refractivity contribution is 7.18. The van der Waals surface area contributed by atoms with Crippen molar-refractivity contribution in [2.45, 2.75) is 38.6 Å². The average molecular weight is 380 g/mol. The second-order valence-electron chi connectivity index (χ2n) is 7.20. The summed E-state index contributed by atoms with van der Waals surface area (Å²) in [5.41, 5.74) is 3.29. The Morgan fingerprint density at radius 2 is 1.85 bits per heavy atom. The minimum Gasteiger partial charge on any atom is -0.374 e. The van der Waals surface area contributed by atoms with Crippen molar-refractivity contribution in [2.24, 2.45) is 0 Å². The molecule has 2 heterocycles. The highest BCUT2D eigenvalue weighted by atomic mass is 32.1. The maximum Gasteiger partial charge on any atom is 0.244 e. The highest BCUT2D eigenvalue weighted by Gasteiger charge is 2.21. The number of carbonyl (C=O) groups is 1. The number of benzene rings is 2. The molecule has 0 spiro atoms. The molecular formula is C22H25N3OS. The number of fused-ring (bicyclic) bond motifs is 1. The summed E-state index contributed by atoms with van der Waals surface area (Å²) < 4.78 is 1.23. The number of piperidine rings is 1. The summed E-state index contributed by atoms with van der Waals surface area (Å²) in [6.45, 7) is 3.74. The minimum absolute atomic E-state index is 0.196. The van der Waals surface area contributed by atoms with E-state index in [1.54, 1.807) is 11.3 Å². The topological polar surface area (TPSA) is 45.2 Å². The first-order chi connectivity index (χ1) is 13.2. The van der Waals surface area contributed by atoms with E-state index in [0.717, 1.165) is 48.6 Å². The first-order valence-electron chi connectivity index (χ1n) is 9.68. The first-order valence-corrected chi connectivity index (χ1v) is 10.5. The van der Waals surface area contributed by atoms with Gasteiger partial charge in [-0.15, -0.1) is 11.3 Å². The molecule has 1 saturated heterocycles. The first kappa shape index (κ1) is 18.0. The van der Waals surface area contributed by atoms with Crippen LogP contribution < -0.4 is 5.32 Å². The van der Waals surface area contributed by atoms with Crippen LogP contribution in [0.1, 0.15) is 36.8 Å². The summed E-state index contributed by atoms with van der Waals surface area (Å²) in [6.07, 6.45) is 4.32. The molecule has 0 aliphatic carbocycles. The molecule has 140 valence electrons. The van der Waals surface area contributed by atoms with Crippen molar-refractivity contribution >= 4 is 33.1 Å². The molecule has 0 bridgehead atoms. The maximum absolute atomic E-state index is 12.6. The fourth-order valence-electron chi connectivity index (χ4n) is 3.59. The number of thiazole rings is 1. The molecule has 3 aromatic rings. The second-order valence-corrected chi connectivity index (χ2v) is 8.32. The van der Waals surface area contributed by atoms with Gasteiger partial charge in [0.15, 0.2) is 0 Å². The predicted molar refractivity (Wildman–Crippen MR) is 112 cm³/mol. The molecule has 1 aliphatic heterocycles. The number of carbonyl (C=O) groups excluding carboxylic acids is 1. The van der Waals surface area contributed by atoms with E-state index < -0.39 is 0 Å². The fraction of sp³-hybridized carbons (Fsp3) is 0.364. The van der Waals surface area contributed by atoms with Gasteiger partial charge in [-0.3, -0.25) is 4.79 Å². The van der Waals surface area contributed by atoms with Crippen molar-refractivity contribution in [3.63, 3.8) is 0 Å². The van der Waals surface area contributed by atoms with Crippen molar-refractivity contribution in [1.29, 1.82) is 0 Å². The third-order valence-electron chi connectivity index (χ3n) is 5.07.